The lowest BCUT2D eigenvalue weighted by Gasteiger charge is -2.25. The molecule has 1 amide bonds. The summed E-state index contributed by atoms with van der Waals surface area (Å²) >= 11 is 0. The monoisotopic (exact) mass is 322 g/mol. The molecule has 2 aromatic carbocycles. The molecule has 1 heterocycles. The number of carbonyl (C=O) groups excluding carboxylic acids is 1. The van der Waals surface area contributed by atoms with Crippen molar-refractivity contribution < 1.29 is 4.79 Å². The van der Waals surface area contributed by atoms with Gasteiger partial charge in [0.05, 0.1) is 0 Å². The highest BCUT2D eigenvalue weighted by Crippen LogP contribution is 2.23. The van der Waals surface area contributed by atoms with Gasteiger partial charge >= 0.3 is 0 Å². The van der Waals surface area contributed by atoms with Crippen molar-refractivity contribution in [3.05, 3.63) is 65.2 Å². The molecular formula is C21H26N2O. The maximum absolute atomic E-state index is 12.7. The van der Waals surface area contributed by atoms with E-state index in [0.29, 0.717) is 12.5 Å². The van der Waals surface area contributed by atoms with Crippen LogP contribution in [-0.4, -0.2) is 23.4 Å². The number of amides is 1. The lowest BCUT2D eigenvalue weighted by molar-refractivity contribution is -0.131. The number of likely N-dealkylation sites (tertiary alicyclic amines) is 1. The third kappa shape index (κ3) is 3.97. The summed E-state index contributed by atoms with van der Waals surface area (Å²) in [5, 5.41) is 0. The summed E-state index contributed by atoms with van der Waals surface area (Å²) in [7, 11) is 0. The quantitative estimate of drug-likeness (QED) is 0.852. The average Bonchev–Trinajstić information content (AvgIpc) is 3.04. The molecule has 0 bridgehead atoms. The first-order valence-electron chi connectivity index (χ1n) is 8.82. The SMILES string of the molecule is Cc1ccc(CC2CCCN2C(=O)CCc2ccccc2N)cc1. The summed E-state index contributed by atoms with van der Waals surface area (Å²) in [5.41, 5.74) is 10.4. The highest BCUT2D eigenvalue weighted by Gasteiger charge is 2.28. The molecule has 2 aromatic rings. The van der Waals surface area contributed by atoms with Gasteiger partial charge in [0.15, 0.2) is 0 Å². The van der Waals surface area contributed by atoms with Crippen molar-refractivity contribution in [2.75, 3.05) is 12.3 Å². The molecule has 1 atom stereocenters. The van der Waals surface area contributed by atoms with Gasteiger partial charge in [-0.15, -0.1) is 0 Å². The third-order valence-electron chi connectivity index (χ3n) is 4.95. The van der Waals surface area contributed by atoms with Crippen molar-refractivity contribution in [1.29, 1.82) is 0 Å². The van der Waals surface area contributed by atoms with E-state index in [1.54, 1.807) is 0 Å². The maximum atomic E-state index is 12.7. The minimum Gasteiger partial charge on any atom is -0.399 e. The minimum atomic E-state index is 0.257. The summed E-state index contributed by atoms with van der Waals surface area (Å²) in [6, 6.07) is 16.8. The van der Waals surface area contributed by atoms with E-state index in [-0.39, 0.29) is 5.91 Å². The molecule has 126 valence electrons. The molecule has 24 heavy (non-hydrogen) atoms. The van der Waals surface area contributed by atoms with E-state index >= 15 is 0 Å². The van der Waals surface area contributed by atoms with Crippen LogP contribution < -0.4 is 5.73 Å². The topological polar surface area (TPSA) is 46.3 Å². The Morgan fingerprint density at radius 2 is 1.92 bits per heavy atom. The smallest absolute Gasteiger partial charge is 0.223 e. The third-order valence-corrected chi connectivity index (χ3v) is 4.95. The normalized spacial score (nSPS) is 17.2. The predicted molar refractivity (Wildman–Crippen MR) is 98.8 cm³/mol. The number of benzene rings is 2. The number of aryl methyl sites for hydroxylation is 2. The highest BCUT2D eigenvalue weighted by molar-refractivity contribution is 5.77. The Morgan fingerprint density at radius 1 is 1.17 bits per heavy atom. The van der Waals surface area contributed by atoms with Gasteiger partial charge in [-0.3, -0.25) is 4.79 Å². The Hall–Kier alpha value is -2.29. The number of nitrogens with two attached hydrogens (primary N) is 1. The first-order valence-corrected chi connectivity index (χ1v) is 8.82. The number of para-hydroxylation sites is 1. The molecular weight excluding hydrogens is 296 g/mol. The van der Waals surface area contributed by atoms with Crippen molar-refractivity contribution in [2.45, 2.75) is 45.1 Å². The summed E-state index contributed by atoms with van der Waals surface area (Å²) < 4.78 is 0. The molecule has 3 rings (SSSR count). The van der Waals surface area contributed by atoms with Gasteiger partial charge in [0.2, 0.25) is 5.91 Å². The Bertz CT molecular complexity index is 693. The number of nitrogens with zero attached hydrogens (tertiary/aromatic N) is 1. The largest absolute Gasteiger partial charge is 0.399 e. The van der Waals surface area contributed by atoms with Crippen LogP contribution in [0.25, 0.3) is 0 Å². The minimum absolute atomic E-state index is 0.257. The van der Waals surface area contributed by atoms with Crippen LogP contribution in [0.2, 0.25) is 0 Å². The number of rotatable bonds is 5. The summed E-state index contributed by atoms with van der Waals surface area (Å²) in [5.74, 6) is 0.257. The van der Waals surface area contributed by atoms with Gasteiger partial charge in [-0.05, 0) is 49.8 Å². The van der Waals surface area contributed by atoms with Gasteiger partial charge in [-0.25, -0.2) is 0 Å². The van der Waals surface area contributed by atoms with Gasteiger partial charge in [-0.1, -0.05) is 48.0 Å². The van der Waals surface area contributed by atoms with E-state index in [4.69, 9.17) is 5.73 Å². The fraction of sp³-hybridized carbons (Fsp3) is 0.381. The molecule has 0 spiro atoms. The molecule has 0 saturated carbocycles. The van der Waals surface area contributed by atoms with Gasteiger partial charge in [0, 0.05) is 24.7 Å². The summed E-state index contributed by atoms with van der Waals surface area (Å²) in [4.78, 5) is 14.8. The van der Waals surface area contributed by atoms with Crippen LogP contribution in [-0.2, 0) is 17.6 Å². The van der Waals surface area contributed by atoms with Crippen LogP contribution in [0, 0.1) is 6.92 Å². The number of hydrogen-bond acceptors (Lipinski definition) is 2. The first kappa shape index (κ1) is 16.6. The second-order valence-corrected chi connectivity index (χ2v) is 6.77. The molecule has 0 radical (unpaired) electrons. The van der Waals surface area contributed by atoms with Crippen LogP contribution in [0.5, 0.6) is 0 Å². The van der Waals surface area contributed by atoms with Crippen molar-refractivity contribution in [3.63, 3.8) is 0 Å². The second kappa shape index (κ2) is 7.52. The number of carbonyl (C=O) groups is 1. The standard InChI is InChI=1S/C21H26N2O/c1-16-8-10-17(11-9-16)15-19-6-4-14-23(19)21(24)13-12-18-5-2-3-7-20(18)22/h2-3,5,7-11,19H,4,6,12-15,22H2,1H3. The molecule has 1 fully saturated rings. The molecule has 0 aliphatic carbocycles. The Labute approximate surface area is 144 Å². The van der Waals surface area contributed by atoms with E-state index in [1.807, 2.05) is 24.3 Å². The van der Waals surface area contributed by atoms with Crippen molar-refractivity contribution in [2.24, 2.45) is 0 Å². The number of nitrogen functional groups attached to an aromatic ring is 1. The van der Waals surface area contributed by atoms with Gasteiger partial charge in [-0.2, -0.15) is 0 Å². The predicted octanol–water partition coefficient (Wildman–Crippen LogP) is 3.74. The molecule has 1 aliphatic heterocycles. The highest BCUT2D eigenvalue weighted by atomic mass is 16.2. The number of anilines is 1. The van der Waals surface area contributed by atoms with E-state index in [2.05, 4.69) is 36.1 Å². The summed E-state index contributed by atoms with van der Waals surface area (Å²) in [6.45, 7) is 2.99. The molecule has 3 heteroatoms. The molecule has 0 aromatic heterocycles. The zero-order valence-corrected chi connectivity index (χ0v) is 14.4. The van der Waals surface area contributed by atoms with Crippen molar-refractivity contribution >= 4 is 11.6 Å². The van der Waals surface area contributed by atoms with Gasteiger partial charge in [0.1, 0.15) is 0 Å². The second-order valence-electron chi connectivity index (χ2n) is 6.77. The van der Waals surface area contributed by atoms with Crippen molar-refractivity contribution in [3.8, 4) is 0 Å². The van der Waals surface area contributed by atoms with Crippen LogP contribution in [0.1, 0.15) is 36.0 Å². The molecule has 3 nitrogen and oxygen atoms in total. The Balaban J connectivity index is 1.59. The van der Waals surface area contributed by atoms with Crippen LogP contribution >= 0.6 is 0 Å². The average molecular weight is 322 g/mol. The maximum Gasteiger partial charge on any atom is 0.223 e. The first-order chi connectivity index (χ1) is 11.6. The van der Waals surface area contributed by atoms with Crippen LogP contribution in [0.3, 0.4) is 0 Å². The molecule has 1 saturated heterocycles. The molecule has 1 unspecified atom stereocenters. The molecule has 1 aliphatic rings. The lowest BCUT2D eigenvalue weighted by Crippen LogP contribution is -2.36. The van der Waals surface area contributed by atoms with E-state index in [0.717, 1.165) is 43.5 Å². The Kier molecular flexibility index (Phi) is 5.19. The fourth-order valence-corrected chi connectivity index (χ4v) is 3.52. The van der Waals surface area contributed by atoms with Crippen molar-refractivity contribution in [1.82, 2.24) is 4.90 Å². The zero-order chi connectivity index (χ0) is 16.9. The van der Waals surface area contributed by atoms with E-state index in [9.17, 15) is 4.79 Å². The van der Waals surface area contributed by atoms with E-state index < -0.39 is 0 Å². The van der Waals surface area contributed by atoms with Gasteiger partial charge < -0.3 is 10.6 Å². The van der Waals surface area contributed by atoms with Gasteiger partial charge in [0.25, 0.3) is 0 Å². The molecule has 2 N–H and O–H groups in total. The fourth-order valence-electron chi connectivity index (χ4n) is 3.52. The zero-order valence-electron chi connectivity index (χ0n) is 14.4. The lowest BCUT2D eigenvalue weighted by atomic mass is 10.0. The summed E-state index contributed by atoms with van der Waals surface area (Å²) in [6.07, 6.45) is 4.43. The van der Waals surface area contributed by atoms with Crippen LogP contribution in [0.4, 0.5) is 5.69 Å². The van der Waals surface area contributed by atoms with Crippen LogP contribution in [0.15, 0.2) is 48.5 Å². The number of hydrogen-bond donors (Lipinski definition) is 1. The van der Waals surface area contributed by atoms with E-state index in [1.165, 1.54) is 11.1 Å². The Morgan fingerprint density at radius 3 is 2.67 bits per heavy atom.